The fraction of sp³-hybridized carbons (Fsp3) is 0.391. The fourth-order valence-corrected chi connectivity index (χ4v) is 4.32. The summed E-state index contributed by atoms with van der Waals surface area (Å²) in [5.41, 5.74) is 8.28. The first-order chi connectivity index (χ1) is 12.6. The van der Waals surface area contributed by atoms with Crippen LogP contribution in [0.4, 0.5) is 0 Å². The Morgan fingerprint density at radius 3 is 2.54 bits per heavy atom. The normalized spacial score (nSPS) is 16.5. The van der Waals surface area contributed by atoms with Crippen LogP contribution in [0.2, 0.25) is 0 Å². The van der Waals surface area contributed by atoms with E-state index in [1.807, 2.05) is 6.07 Å². The minimum Gasteiger partial charge on any atom is -0.493 e. The van der Waals surface area contributed by atoms with E-state index in [9.17, 15) is 0 Å². The Labute approximate surface area is 155 Å². The molecule has 3 aromatic rings. The molecule has 3 heteroatoms. The van der Waals surface area contributed by atoms with E-state index in [-0.39, 0.29) is 0 Å². The minimum absolute atomic E-state index is 0.532. The first kappa shape index (κ1) is 17.0. The number of methoxy groups -OCH3 is 2. The van der Waals surface area contributed by atoms with Crippen LogP contribution in [0.25, 0.3) is 10.9 Å². The number of hydrogen-bond donors (Lipinski definition) is 1. The number of benzene rings is 2. The monoisotopic (exact) mass is 349 g/mol. The van der Waals surface area contributed by atoms with Gasteiger partial charge < -0.3 is 14.5 Å². The molecule has 0 amide bonds. The van der Waals surface area contributed by atoms with Crippen LogP contribution in [0, 0.1) is 13.8 Å². The Morgan fingerprint density at radius 2 is 1.77 bits per heavy atom. The van der Waals surface area contributed by atoms with Crippen LogP contribution in [0.3, 0.4) is 0 Å². The van der Waals surface area contributed by atoms with Crippen LogP contribution in [0.1, 0.15) is 46.7 Å². The van der Waals surface area contributed by atoms with E-state index in [0.717, 1.165) is 17.9 Å². The standard InChI is InChI=1S/C23H27NO2/c1-14-10-19-18-7-5-6-17(23(18)24-20(19)11-15(14)2)12-16-8-9-21(25-3)22(13-16)26-4/h8-11,13,17,24H,5-7,12H2,1-4H3. The summed E-state index contributed by atoms with van der Waals surface area (Å²) in [5.74, 6) is 2.13. The molecule has 136 valence electrons. The Morgan fingerprint density at radius 1 is 1.00 bits per heavy atom. The topological polar surface area (TPSA) is 34.2 Å². The highest BCUT2D eigenvalue weighted by Crippen LogP contribution is 2.39. The number of nitrogens with one attached hydrogen (secondary N) is 1. The van der Waals surface area contributed by atoms with Crippen molar-refractivity contribution in [3.8, 4) is 11.5 Å². The molecule has 2 aromatic carbocycles. The molecule has 26 heavy (non-hydrogen) atoms. The first-order valence-electron chi connectivity index (χ1n) is 9.43. The van der Waals surface area contributed by atoms with Crippen LogP contribution >= 0.6 is 0 Å². The number of H-pyrrole nitrogens is 1. The van der Waals surface area contributed by atoms with E-state index in [4.69, 9.17) is 9.47 Å². The molecule has 3 nitrogen and oxygen atoms in total. The average molecular weight is 349 g/mol. The molecule has 1 atom stereocenters. The van der Waals surface area contributed by atoms with Gasteiger partial charge in [-0.3, -0.25) is 0 Å². The summed E-state index contributed by atoms with van der Waals surface area (Å²) < 4.78 is 10.8. The lowest BCUT2D eigenvalue weighted by molar-refractivity contribution is 0.354. The molecule has 0 saturated carbocycles. The van der Waals surface area contributed by atoms with Gasteiger partial charge in [0.15, 0.2) is 11.5 Å². The van der Waals surface area contributed by atoms with E-state index in [1.165, 1.54) is 58.1 Å². The molecule has 0 fully saturated rings. The SMILES string of the molecule is COc1ccc(CC2CCCc3c2[nH]c2cc(C)c(C)cc32)cc1OC. The third-order valence-electron chi connectivity index (χ3n) is 5.87. The molecule has 1 aliphatic carbocycles. The van der Waals surface area contributed by atoms with Gasteiger partial charge in [0.05, 0.1) is 14.2 Å². The molecule has 1 unspecified atom stereocenters. The van der Waals surface area contributed by atoms with Crippen molar-refractivity contribution in [3.63, 3.8) is 0 Å². The van der Waals surface area contributed by atoms with Gasteiger partial charge in [-0.25, -0.2) is 0 Å². The molecule has 0 saturated heterocycles. The zero-order valence-electron chi connectivity index (χ0n) is 16.1. The van der Waals surface area contributed by atoms with Gasteiger partial charge in [-0.05, 0) is 86.1 Å². The van der Waals surface area contributed by atoms with Gasteiger partial charge in [-0.15, -0.1) is 0 Å². The Bertz CT molecular complexity index is 954. The molecule has 0 bridgehead atoms. The van der Waals surface area contributed by atoms with Crippen LogP contribution in [-0.2, 0) is 12.8 Å². The summed E-state index contributed by atoms with van der Waals surface area (Å²) in [6, 6.07) is 10.9. The van der Waals surface area contributed by atoms with Gasteiger partial charge in [0.25, 0.3) is 0 Å². The first-order valence-corrected chi connectivity index (χ1v) is 9.43. The second-order valence-corrected chi connectivity index (χ2v) is 7.48. The van der Waals surface area contributed by atoms with Crippen LogP contribution in [-0.4, -0.2) is 19.2 Å². The van der Waals surface area contributed by atoms with Crippen LogP contribution in [0.5, 0.6) is 11.5 Å². The van der Waals surface area contributed by atoms with Crippen molar-refractivity contribution in [2.24, 2.45) is 0 Å². The highest BCUT2D eigenvalue weighted by atomic mass is 16.5. The van der Waals surface area contributed by atoms with E-state index >= 15 is 0 Å². The second kappa shape index (κ2) is 6.71. The summed E-state index contributed by atoms with van der Waals surface area (Å²) in [5, 5.41) is 1.42. The zero-order valence-corrected chi connectivity index (χ0v) is 16.1. The predicted molar refractivity (Wildman–Crippen MR) is 107 cm³/mol. The molecule has 1 heterocycles. The van der Waals surface area contributed by atoms with Crippen LogP contribution < -0.4 is 9.47 Å². The van der Waals surface area contributed by atoms with Crippen LogP contribution in [0.15, 0.2) is 30.3 Å². The number of aryl methyl sites for hydroxylation is 3. The van der Waals surface area contributed by atoms with E-state index in [0.29, 0.717) is 5.92 Å². The largest absolute Gasteiger partial charge is 0.493 e. The lowest BCUT2D eigenvalue weighted by Gasteiger charge is -2.23. The van der Waals surface area contributed by atoms with Crippen molar-refractivity contribution >= 4 is 10.9 Å². The molecule has 0 spiro atoms. The molecule has 0 radical (unpaired) electrons. The molecular formula is C23H27NO2. The minimum atomic E-state index is 0.532. The molecule has 1 aliphatic rings. The average Bonchev–Trinajstić information content (AvgIpc) is 3.00. The van der Waals surface area contributed by atoms with Crippen molar-refractivity contribution in [2.75, 3.05) is 14.2 Å². The van der Waals surface area contributed by atoms with Gasteiger partial charge >= 0.3 is 0 Å². The van der Waals surface area contributed by atoms with E-state index < -0.39 is 0 Å². The maximum atomic E-state index is 5.48. The maximum Gasteiger partial charge on any atom is 0.160 e. The van der Waals surface area contributed by atoms with Gasteiger partial charge in [-0.1, -0.05) is 6.07 Å². The highest BCUT2D eigenvalue weighted by molar-refractivity contribution is 5.86. The molecule has 1 aromatic heterocycles. The maximum absolute atomic E-state index is 5.48. The number of rotatable bonds is 4. The quantitative estimate of drug-likeness (QED) is 0.678. The molecule has 0 aliphatic heterocycles. The lowest BCUT2D eigenvalue weighted by atomic mass is 9.83. The smallest absolute Gasteiger partial charge is 0.160 e. The Balaban J connectivity index is 1.70. The fourth-order valence-electron chi connectivity index (χ4n) is 4.32. The number of hydrogen-bond acceptors (Lipinski definition) is 2. The number of ether oxygens (including phenoxy) is 2. The zero-order chi connectivity index (χ0) is 18.3. The number of aromatic nitrogens is 1. The van der Waals surface area contributed by atoms with Gasteiger partial charge in [-0.2, -0.15) is 0 Å². The lowest BCUT2D eigenvalue weighted by Crippen LogP contribution is -2.11. The summed E-state index contributed by atoms with van der Waals surface area (Å²) in [6.07, 6.45) is 4.69. The summed E-state index contributed by atoms with van der Waals surface area (Å²) in [6.45, 7) is 4.40. The van der Waals surface area contributed by atoms with Crippen molar-refractivity contribution in [3.05, 3.63) is 58.3 Å². The van der Waals surface area contributed by atoms with Crippen molar-refractivity contribution < 1.29 is 9.47 Å². The van der Waals surface area contributed by atoms with E-state index in [2.05, 4.69) is 43.1 Å². The number of aromatic amines is 1. The van der Waals surface area contributed by atoms with Gasteiger partial charge in [0.2, 0.25) is 0 Å². The predicted octanol–water partition coefficient (Wildman–Crippen LogP) is 5.46. The Kier molecular flexibility index (Phi) is 4.39. The number of fused-ring (bicyclic) bond motifs is 3. The van der Waals surface area contributed by atoms with Gasteiger partial charge in [0, 0.05) is 22.5 Å². The highest BCUT2D eigenvalue weighted by Gasteiger charge is 2.25. The summed E-state index contributed by atoms with van der Waals surface area (Å²) >= 11 is 0. The van der Waals surface area contributed by atoms with Gasteiger partial charge in [0.1, 0.15) is 0 Å². The van der Waals surface area contributed by atoms with Crippen molar-refractivity contribution in [1.82, 2.24) is 4.98 Å². The summed E-state index contributed by atoms with van der Waals surface area (Å²) in [7, 11) is 3.38. The summed E-state index contributed by atoms with van der Waals surface area (Å²) in [4.78, 5) is 3.75. The molecule has 1 N–H and O–H groups in total. The van der Waals surface area contributed by atoms with Crippen molar-refractivity contribution in [1.29, 1.82) is 0 Å². The van der Waals surface area contributed by atoms with E-state index in [1.54, 1.807) is 14.2 Å². The molecular weight excluding hydrogens is 322 g/mol. The third kappa shape index (κ3) is 2.86. The molecule has 4 rings (SSSR count). The second-order valence-electron chi connectivity index (χ2n) is 7.48. The third-order valence-corrected chi connectivity index (χ3v) is 5.87. The Hall–Kier alpha value is -2.42. The van der Waals surface area contributed by atoms with Crippen molar-refractivity contribution in [2.45, 2.75) is 45.4 Å².